The van der Waals surface area contributed by atoms with Gasteiger partial charge in [-0.05, 0) is 42.8 Å². The summed E-state index contributed by atoms with van der Waals surface area (Å²) in [7, 11) is 7.28. The minimum Gasteiger partial charge on any atom is -0.497 e. The number of nitrogens with one attached hydrogen (secondary N) is 2. The Morgan fingerprint density at radius 3 is 2.43 bits per heavy atom. The number of likely N-dealkylation sites (N-methyl/N-ethyl adjacent to an activating group) is 2. The molecule has 0 unspecified atom stereocenters. The lowest BCUT2D eigenvalue weighted by atomic mass is 10.00. The van der Waals surface area contributed by atoms with Crippen molar-refractivity contribution in [1.29, 1.82) is 0 Å². The summed E-state index contributed by atoms with van der Waals surface area (Å²) in [6.45, 7) is 5.10. The summed E-state index contributed by atoms with van der Waals surface area (Å²) in [4.78, 5) is 32.4. The van der Waals surface area contributed by atoms with Gasteiger partial charge in [-0.2, -0.15) is 0 Å². The predicted octanol–water partition coefficient (Wildman–Crippen LogP) is 1.74. The number of nitrogens with zero attached hydrogens (tertiary/aromatic N) is 3. The molecule has 0 bridgehead atoms. The van der Waals surface area contributed by atoms with E-state index >= 15 is 0 Å². The molecule has 2 aliphatic rings. The Hall–Kier alpha value is -3.30. The molecule has 0 aromatic heterocycles. The van der Waals surface area contributed by atoms with Crippen molar-refractivity contribution in [2.45, 2.75) is 12.5 Å². The number of ether oxygens (including phenoxy) is 2. The number of rotatable bonds is 7. The highest BCUT2D eigenvalue weighted by Crippen LogP contribution is 2.32. The van der Waals surface area contributed by atoms with Gasteiger partial charge in [-0.1, -0.05) is 12.1 Å². The number of carbonyl (C=O) groups is 2. The fourth-order valence-electron chi connectivity index (χ4n) is 4.75. The smallest absolute Gasteiger partial charge is 0.313 e. The Bertz CT molecular complexity index is 1070. The van der Waals surface area contributed by atoms with Gasteiger partial charge in [0.1, 0.15) is 11.5 Å². The molecule has 0 spiro atoms. The highest BCUT2D eigenvalue weighted by atomic mass is 16.5. The topological polar surface area (TPSA) is 86.4 Å². The summed E-state index contributed by atoms with van der Waals surface area (Å²) in [5.74, 6) is -0.427. The molecule has 9 heteroatoms. The molecule has 2 aliphatic heterocycles. The van der Waals surface area contributed by atoms with Crippen molar-refractivity contribution in [3.63, 3.8) is 0 Å². The van der Waals surface area contributed by atoms with Gasteiger partial charge in [-0.15, -0.1) is 0 Å². The highest BCUT2D eigenvalue weighted by Gasteiger charge is 2.27. The third kappa shape index (κ3) is 5.68. The number of methoxy groups -OCH3 is 2. The van der Waals surface area contributed by atoms with Gasteiger partial charge in [0.2, 0.25) is 0 Å². The van der Waals surface area contributed by atoms with E-state index < -0.39 is 11.8 Å². The molecule has 35 heavy (non-hydrogen) atoms. The molecule has 2 aromatic carbocycles. The molecule has 9 nitrogen and oxygen atoms in total. The SMILES string of the molecule is COc1ccc(OC)c(NC(=O)C(=O)NC[C@H](c2ccc3c(c2)CCN3C)N2CCN(C)CC2)c1. The molecule has 0 saturated carbocycles. The molecule has 188 valence electrons. The standard InChI is InChI=1S/C26H35N5O4/c1-29-11-13-31(14-12-29)23(18-5-7-22-19(15-18)9-10-30(22)2)17-27-25(32)26(33)28-21-16-20(34-3)6-8-24(21)35-4/h5-8,15-16,23H,9-14,17H2,1-4H3,(H,27,32)(H,28,33)/t23-/m1/s1. The molecule has 0 radical (unpaired) electrons. The van der Waals surface area contributed by atoms with Gasteiger partial charge in [0.25, 0.3) is 0 Å². The normalized spacial score (nSPS) is 17.0. The lowest BCUT2D eigenvalue weighted by Crippen LogP contribution is -2.49. The molecule has 1 fully saturated rings. The van der Waals surface area contributed by atoms with Gasteiger partial charge in [-0.25, -0.2) is 0 Å². The monoisotopic (exact) mass is 481 g/mol. The maximum absolute atomic E-state index is 12.8. The van der Waals surface area contributed by atoms with Crippen LogP contribution in [0.2, 0.25) is 0 Å². The molecule has 2 N–H and O–H groups in total. The Morgan fingerprint density at radius 2 is 1.71 bits per heavy atom. The van der Waals surface area contributed by atoms with Gasteiger partial charge in [-0.3, -0.25) is 14.5 Å². The number of benzene rings is 2. The van der Waals surface area contributed by atoms with E-state index in [1.54, 1.807) is 18.2 Å². The van der Waals surface area contributed by atoms with E-state index in [0.717, 1.165) is 39.1 Å². The molecule has 2 heterocycles. The lowest BCUT2D eigenvalue weighted by Gasteiger charge is -2.38. The zero-order chi connectivity index (χ0) is 24.9. The van der Waals surface area contributed by atoms with Crippen LogP contribution in [0.25, 0.3) is 0 Å². The van der Waals surface area contributed by atoms with Crippen molar-refractivity contribution in [1.82, 2.24) is 15.1 Å². The number of amides is 2. The lowest BCUT2D eigenvalue weighted by molar-refractivity contribution is -0.136. The van der Waals surface area contributed by atoms with Gasteiger partial charge in [0, 0.05) is 58.1 Å². The average Bonchev–Trinajstić information content (AvgIpc) is 3.24. The Labute approximate surface area is 207 Å². The number of carbonyl (C=O) groups excluding carboxylic acids is 2. The summed E-state index contributed by atoms with van der Waals surface area (Å²) in [6, 6.07) is 11.6. The zero-order valence-corrected chi connectivity index (χ0v) is 21.0. The largest absolute Gasteiger partial charge is 0.497 e. The van der Waals surface area contributed by atoms with Gasteiger partial charge < -0.3 is 29.9 Å². The third-order valence-corrected chi connectivity index (χ3v) is 6.91. The summed E-state index contributed by atoms with van der Waals surface area (Å²) in [5, 5.41) is 5.51. The van der Waals surface area contributed by atoms with Crippen molar-refractivity contribution in [2.75, 3.05) is 77.8 Å². The molecule has 1 saturated heterocycles. The fraction of sp³-hybridized carbons (Fsp3) is 0.462. The summed E-state index contributed by atoms with van der Waals surface area (Å²) < 4.78 is 10.5. The number of fused-ring (bicyclic) bond motifs is 1. The van der Waals surface area contributed by atoms with E-state index in [0.29, 0.717) is 23.7 Å². The molecule has 2 amide bonds. The molecule has 2 aromatic rings. The summed E-state index contributed by atoms with van der Waals surface area (Å²) in [6.07, 6.45) is 1.02. The molecule has 4 rings (SSSR count). The van der Waals surface area contributed by atoms with Crippen LogP contribution >= 0.6 is 0 Å². The average molecular weight is 482 g/mol. The van der Waals surface area contributed by atoms with E-state index in [-0.39, 0.29) is 6.04 Å². The first-order valence-corrected chi connectivity index (χ1v) is 12.0. The second-order valence-corrected chi connectivity index (χ2v) is 9.15. The maximum Gasteiger partial charge on any atom is 0.313 e. The van der Waals surface area contributed by atoms with E-state index in [9.17, 15) is 9.59 Å². The Balaban J connectivity index is 1.47. The van der Waals surface area contributed by atoms with Crippen molar-refractivity contribution in [3.05, 3.63) is 47.5 Å². The van der Waals surface area contributed by atoms with E-state index in [1.165, 1.54) is 31.0 Å². The van der Waals surface area contributed by atoms with Crippen LogP contribution in [0.3, 0.4) is 0 Å². The van der Waals surface area contributed by atoms with Crippen LogP contribution in [0.15, 0.2) is 36.4 Å². The number of piperazine rings is 1. The predicted molar refractivity (Wildman–Crippen MR) is 136 cm³/mol. The Morgan fingerprint density at radius 1 is 0.943 bits per heavy atom. The van der Waals surface area contributed by atoms with Crippen molar-refractivity contribution in [2.24, 2.45) is 0 Å². The van der Waals surface area contributed by atoms with Crippen molar-refractivity contribution < 1.29 is 19.1 Å². The molecule has 1 atom stereocenters. The van der Waals surface area contributed by atoms with Crippen LogP contribution in [0.4, 0.5) is 11.4 Å². The first-order chi connectivity index (χ1) is 16.9. The number of hydrogen-bond acceptors (Lipinski definition) is 7. The summed E-state index contributed by atoms with van der Waals surface area (Å²) >= 11 is 0. The van der Waals surface area contributed by atoms with Crippen LogP contribution in [0.1, 0.15) is 17.2 Å². The van der Waals surface area contributed by atoms with Crippen molar-refractivity contribution in [3.8, 4) is 11.5 Å². The number of hydrogen-bond donors (Lipinski definition) is 2. The quantitative estimate of drug-likeness (QED) is 0.583. The van der Waals surface area contributed by atoms with Crippen LogP contribution in [-0.4, -0.2) is 89.2 Å². The number of anilines is 2. The molecular formula is C26H35N5O4. The zero-order valence-electron chi connectivity index (χ0n) is 21.0. The minimum absolute atomic E-state index is 0.0111. The van der Waals surface area contributed by atoms with Crippen molar-refractivity contribution >= 4 is 23.2 Å². The van der Waals surface area contributed by atoms with Crippen LogP contribution < -0.4 is 25.0 Å². The second kappa shape index (κ2) is 11.0. The first kappa shape index (κ1) is 24.8. The Kier molecular flexibility index (Phi) is 7.77. The maximum atomic E-state index is 12.8. The van der Waals surface area contributed by atoms with Crippen LogP contribution in [0.5, 0.6) is 11.5 Å². The summed E-state index contributed by atoms with van der Waals surface area (Å²) in [5.41, 5.74) is 4.14. The fourth-order valence-corrected chi connectivity index (χ4v) is 4.75. The molecular weight excluding hydrogens is 446 g/mol. The van der Waals surface area contributed by atoms with Crippen LogP contribution in [0, 0.1) is 0 Å². The second-order valence-electron chi connectivity index (χ2n) is 9.15. The van der Waals surface area contributed by atoms with E-state index in [2.05, 4.69) is 57.6 Å². The van der Waals surface area contributed by atoms with E-state index in [4.69, 9.17) is 9.47 Å². The molecule has 0 aliphatic carbocycles. The minimum atomic E-state index is -0.746. The van der Waals surface area contributed by atoms with Gasteiger partial charge >= 0.3 is 11.8 Å². The highest BCUT2D eigenvalue weighted by molar-refractivity contribution is 6.39. The first-order valence-electron chi connectivity index (χ1n) is 12.0. The van der Waals surface area contributed by atoms with Gasteiger partial charge in [0.15, 0.2) is 0 Å². The third-order valence-electron chi connectivity index (χ3n) is 6.91. The van der Waals surface area contributed by atoms with E-state index in [1.807, 2.05) is 0 Å². The van der Waals surface area contributed by atoms with Gasteiger partial charge in [0.05, 0.1) is 25.9 Å². The van der Waals surface area contributed by atoms with Crippen LogP contribution in [-0.2, 0) is 16.0 Å².